The number of ketones is 1. The maximum atomic E-state index is 13.7. The molecule has 1 rings (SSSR count). The van der Waals surface area contributed by atoms with Gasteiger partial charge in [-0.05, 0) is 38.0 Å². The van der Waals surface area contributed by atoms with Crippen LogP contribution in [0.5, 0.6) is 0 Å². The number of halogens is 1. The van der Waals surface area contributed by atoms with Crippen molar-refractivity contribution in [2.75, 3.05) is 6.54 Å². The largest absolute Gasteiger partial charge is 0.324 e. The summed E-state index contributed by atoms with van der Waals surface area (Å²) in [4.78, 5) is 11.5. The van der Waals surface area contributed by atoms with Gasteiger partial charge in [-0.15, -0.1) is 0 Å². The van der Waals surface area contributed by atoms with Gasteiger partial charge in [0.2, 0.25) is 0 Å². The molecule has 0 aliphatic carbocycles. The number of carbonyl (C=O) groups excluding carboxylic acids is 1. The monoisotopic (exact) mass is 209 g/mol. The summed E-state index contributed by atoms with van der Waals surface area (Å²) in [5.74, 6) is -0.154. The lowest BCUT2D eigenvalue weighted by molar-refractivity contribution is 0.100. The highest BCUT2D eigenvalue weighted by Gasteiger charge is 2.20. The fourth-order valence-electron chi connectivity index (χ4n) is 1.40. The fraction of sp³-hybridized carbons (Fsp3) is 0.417. The van der Waals surface area contributed by atoms with Gasteiger partial charge in [0, 0.05) is 5.56 Å². The number of hydrogen-bond donors (Lipinski definition) is 1. The lowest BCUT2D eigenvalue weighted by Gasteiger charge is -2.16. The first kappa shape index (κ1) is 11.9. The number of aryl methyl sites for hydroxylation is 1. The summed E-state index contributed by atoms with van der Waals surface area (Å²) in [6, 6.07) is 5.03. The molecule has 0 saturated carbocycles. The van der Waals surface area contributed by atoms with E-state index >= 15 is 0 Å². The van der Waals surface area contributed by atoms with E-state index in [9.17, 15) is 9.18 Å². The molecule has 0 bridgehead atoms. The summed E-state index contributed by atoms with van der Waals surface area (Å²) in [5.41, 5.74) is 5.71. The highest BCUT2D eigenvalue weighted by Crippen LogP contribution is 2.26. The molecule has 0 unspecified atom stereocenters. The molecular weight excluding hydrogens is 193 g/mol. The molecule has 1 aromatic carbocycles. The number of Topliss-reactive ketones (excluding diaryl/α,β-unsaturated/α-hetero) is 1. The van der Waals surface area contributed by atoms with Gasteiger partial charge in [0.1, 0.15) is 5.67 Å². The van der Waals surface area contributed by atoms with Gasteiger partial charge < -0.3 is 5.73 Å². The molecule has 0 atom stereocenters. The Balaban J connectivity index is 3.23. The minimum Gasteiger partial charge on any atom is -0.324 e. The topological polar surface area (TPSA) is 43.1 Å². The van der Waals surface area contributed by atoms with Gasteiger partial charge in [-0.2, -0.15) is 0 Å². The molecule has 2 N–H and O–H groups in total. The van der Waals surface area contributed by atoms with Crippen LogP contribution in [0.15, 0.2) is 18.2 Å². The van der Waals surface area contributed by atoms with Crippen LogP contribution >= 0.6 is 0 Å². The molecule has 0 fully saturated rings. The third kappa shape index (κ3) is 2.63. The van der Waals surface area contributed by atoms with E-state index in [0.29, 0.717) is 11.1 Å². The summed E-state index contributed by atoms with van der Waals surface area (Å²) >= 11 is 0. The van der Waals surface area contributed by atoms with Crippen LogP contribution in [0.4, 0.5) is 4.39 Å². The molecule has 3 heteroatoms. The summed E-state index contributed by atoms with van der Waals surface area (Å²) in [6.07, 6.45) is 0. The SMILES string of the molecule is Cc1ccc(C(C)(C)F)cc1C(=O)CN. The molecule has 0 spiro atoms. The van der Waals surface area contributed by atoms with Crippen molar-refractivity contribution < 1.29 is 9.18 Å². The number of alkyl halides is 1. The number of nitrogens with two attached hydrogens (primary N) is 1. The van der Waals surface area contributed by atoms with Crippen LogP contribution in [-0.4, -0.2) is 12.3 Å². The average Bonchev–Trinajstić information content (AvgIpc) is 2.15. The van der Waals surface area contributed by atoms with Gasteiger partial charge in [0.05, 0.1) is 6.54 Å². The van der Waals surface area contributed by atoms with Crippen molar-refractivity contribution in [3.8, 4) is 0 Å². The molecule has 82 valence electrons. The molecular formula is C12H16FNO. The molecule has 0 heterocycles. The molecule has 0 aliphatic rings. The molecule has 0 radical (unpaired) electrons. The highest BCUT2D eigenvalue weighted by molar-refractivity contribution is 5.98. The average molecular weight is 209 g/mol. The third-order valence-electron chi connectivity index (χ3n) is 2.41. The second-order valence-electron chi connectivity index (χ2n) is 4.13. The van der Waals surface area contributed by atoms with Crippen LogP contribution in [0.25, 0.3) is 0 Å². The summed E-state index contributed by atoms with van der Waals surface area (Å²) in [5, 5.41) is 0. The first-order chi connectivity index (χ1) is 6.86. The number of rotatable bonds is 3. The smallest absolute Gasteiger partial charge is 0.176 e. The van der Waals surface area contributed by atoms with Crippen molar-refractivity contribution in [2.24, 2.45) is 5.73 Å². The van der Waals surface area contributed by atoms with Crippen LogP contribution < -0.4 is 5.73 Å². The van der Waals surface area contributed by atoms with E-state index in [0.717, 1.165) is 5.56 Å². The van der Waals surface area contributed by atoms with Gasteiger partial charge in [-0.25, -0.2) is 4.39 Å². The lowest BCUT2D eigenvalue weighted by Crippen LogP contribution is -2.17. The van der Waals surface area contributed by atoms with Crippen LogP contribution in [0.1, 0.15) is 35.3 Å². The molecule has 2 nitrogen and oxygen atoms in total. The van der Waals surface area contributed by atoms with Crippen LogP contribution in [0, 0.1) is 6.92 Å². The highest BCUT2D eigenvalue weighted by atomic mass is 19.1. The van der Waals surface area contributed by atoms with E-state index in [1.54, 1.807) is 18.2 Å². The van der Waals surface area contributed by atoms with Crippen LogP contribution in [-0.2, 0) is 5.67 Å². The van der Waals surface area contributed by atoms with E-state index in [1.807, 2.05) is 6.92 Å². The minimum atomic E-state index is -1.43. The van der Waals surface area contributed by atoms with E-state index < -0.39 is 5.67 Å². The zero-order valence-corrected chi connectivity index (χ0v) is 9.30. The Morgan fingerprint density at radius 1 is 1.47 bits per heavy atom. The van der Waals surface area contributed by atoms with Gasteiger partial charge in [0.15, 0.2) is 5.78 Å². The van der Waals surface area contributed by atoms with E-state index in [-0.39, 0.29) is 12.3 Å². The lowest BCUT2D eigenvalue weighted by atomic mass is 9.94. The Morgan fingerprint density at radius 2 is 2.07 bits per heavy atom. The van der Waals surface area contributed by atoms with Crippen molar-refractivity contribution in [1.82, 2.24) is 0 Å². The van der Waals surface area contributed by atoms with E-state index in [4.69, 9.17) is 5.73 Å². The molecule has 15 heavy (non-hydrogen) atoms. The van der Waals surface area contributed by atoms with Crippen molar-refractivity contribution in [1.29, 1.82) is 0 Å². The second-order valence-corrected chi connectivity index (χ2v) is 4.13. The quantitative estimate of drug-likeness (QED) is 0.776. The fourth-order valence-corrected chi connectivity index (χ4v) is 1.40. The normalized spacial score (nSPS) is 11.5. The van der Waals surface area contributed by atoms with Gasteiger partial charge in [-0.3, -0.25) is 4.79 Å². The summed E-state index contributed by atoms with van der Waals surface area (Å²) in [6.45, 7) is 4.71. The first-order valence-electron chi connectivity index (χ1n) is 4.89. The van der Waals surface area contributed by atoms with Crippen LogP contribution in [0.2, 0.25) is 0 Å². The Kier molecular flexibility index (Phi) is 3.25. The maximum absolute atomic E-state index is 13.7. The molecule has 0 saturated heterocycles. The maximum Gasteiger partial charge on any atom is 0.176 e. The number of hydrogen-bond acceptors (Lipinski definition) is 2. The van der Waals surface area contributed by atoms with Crippen molar-refractivity contribution in [2.45, 2.75) is 26.4 Å². The molecule has 1 aromatic rings. The summed E-state index contributed by atoms with van der Waals surface area (Å²) in [7, 11) is 0. The van der Waals surface area contributed by atoms with Gasteiger partial charge in [-0.1, -0.05) is 12.1 Å². The molecule has 0 aromatic heterocycles. The predicted octanol–water partition coefficient (Wildman–Crippen LogP) is 2.34. The Hall–Kier alpha value is -1.22. The minimum absolute atomic E-state index is 0.0446. The van der Waals surface area contributed by atoms with Crippen LogP contribution in [0.3, 0.4) is 0 Å². The Labute approximate surface area is 89.3 Å². The zero-order chi connectivity index (χ0) is 11.6. The summed E-state index contributed by atoms with van der Waals surface area (Å²) < 4.78 is 13.7. The number of benzene rings is 1. The zero-order valence-electron chi connectivity index (χ0n) is 9.30. The Bertz CT molecular complexity index is 380. The predicted molar refractivity (Wildman–Crippen MR) is 58.7 cm³/mol. The molecule has 0 aliphatic heterocycles. The van der Waals surface area contributed by atoms with Gasteiger partial charge in [0.25, 0.3) is 0 Å². The van der Waals surface area contributed by atoms with E-state index in [2.05, 4.69) is 0 Å². The Morgan fingerprint density at radius 3 is 2.53 bits per heavy atom. The first-order valence-corrected chi connectivity index (χ1v) is 4.89. The third-order valence-corrected chi connectivity index (χ3v) is 2.41. The number of carbonyl (C=O) groups is 1. The standard InChI is InChI=1S/C12H16FNO/c1-8-4-5-9(12(2,3)13)6-10(8)11(15)7-14/h4-6H,7,14H2,1-3H3. The van der Waals surface area contributed by atoms with Crippen molar-refractivity contribution in [3.63, 3.8) is 0 Å². The molecule has 0 amide bonds. The van der Waals surface area contributed by atoms with Crippen molar-refractivity contribution >= 4 is 5.78 Å². The van der Waals surface area contributed by atoms with Gasteiger partial charge >= 0.3 is 0 Å². The van der Waals surface area contributed by atoms with E-state index in [1.165, 1.54) is 13.8 Å². The van der Waals surface area contributed by atoms with Crippen molar-refractivity contribution in [3.05, 3.63) is 34.9 Å². The second kappa shape index (κ2) is 4.11.